The standard InChI is InChI=1S/C20H22N6O3/c1-12(22-18(27)15-8-17-21-6-3-7-26(17)24-15)14-9-25(10-14)20(28)16-11-29-19(23-16)13-4-2-5-13/h3,6-8,11-14H,2,4-5,9-10H2,1H3,(H,22,27). The molecule has 9 heteroatoms. The summed E-state index contributed by atoms with van der Waals surface area (Å²) in [5.41, 5.74) is 1.33. The molecule has 1 N–H and O–H groups in total. The van der Waals surface area contributed by atoms with Crippen molar-refractivity contribution in [1.29, 1.82) is 0 Å². The van der Waals surface area contributed by atoms with E-state index in [-0.39, 0.29) is 23.8 Å². The molecule has 0 bridgehead atoms. The molecule has 1 atom stereocenters. The molecule has 5 rings (SSSR count). The number of nitrogens with one attached hydrogen (secondary N) is 1. The van der Waals surface area contributed by atoms with E-state index >= 15 is 0 Å². The summed E-state index contributed by atoms with van der Waals surface area (Å²) in [5.74, 6) is 0.885. The Kier molecular flexibility index (Phi) is 4.30. The molecule has 150 valence electrons. The molecule has 2 aliphatic rings. The monoisotopic (exact) mass is 394 g/mol. The fraction of sp³-hybridized carbons (Fsp3) is 0.450. The molecule has 1 saturated heterocycles. The van der Waals surface area contributed by atoms with Gasteiger partial charge in [-0.05, 0) is 25.8 Å². The Morgan fingerprint density at radius 3 is 2.83 bits per heavy atom. The zero-order valence-corrected chi connectivity index (χ0v) is 16.1. The average molecular weight is 394 g/mol. The fourth-order valence-electron chi connectivity index (χ4n) is 3.72. The third kappa shape index (κ3) is 3.26. The number of oxazole rings is 1. The molecule has 1 saturated carbocycles. The normalized spacial score (nSPS) is 18.3. The van der Waals surface area contributed by atoms with Crippen LogP contribution in [0.25, 0.3) is 5.65 Å². The molecule has 29 heavy (non-hydrogen) atoms. The summed E-state index contributed by atoms with van der Waals surface area (Å²) >= 11 is 0. The summed E-state index contributed by atoms with van der Waals surface area (Å²) in [7, 11) is 0. The maximum absolute atomic E-state index is 12.6. The van der Waals surface area contributed by atoms with Gasteiger partial charge in [-0.25, -0.2) is 14.5 Å². The summed E-state index contributed by atoms with van der Waals surface area (Å²) in [4.78, 5) is 35.3. The lowest BCUT2D eigenvalue weighted by atomic mass is 9.85. The Morgan fingerprint density at radius 1 is 1.28 bits per heavy atom. The Labute approximate surface area is 167 Å². The van der Waals surface area contributed by atoms with Crippen LogP contribution in [0.5, 0.6) is 0 Å². The highest BCUT2D eigenvalue weighted by Gasteiger charge is 2.37. The third-order valence-corrected chi connectivity index (χ3v) is 5.93. The van der Waals surface area contributed by atoms with Crippen LogP contribution in [0.4, 0.5) is 0 Å². The molecule has 9 nitrogen and oxygen atoms in total. The number of carbonyl (C=O) groups is 2. The van der Waals surface area contributed by atoms with Crippen molar-refractivity contribution >= 4 is 17.5 Å². The number of carbonyl (C=O) groups excluding carboxylic acids is 2. The minimum Gasteiger partial charge on any atom is -0.448 e. The van der Waals surface area contributed by atoms with Crippen molar-refractivity contribution in [2.75, 3.05) is 13.1 Å². The van der Waals surface area contributed by atoms with E-state index in [0.717, 1.165) is 12.8 Å². The van der Waals surface area contributed by atoms with Crippen LogP contribution in [0.2, 0.25) is 0 Å². The fourth-order valence-corrected chi connectivity index (χ4v) is 3.72. The second kappa shape index (κ2) is 6.98. The molecule has 1 unspecified atom stereocenters. The maximum atomic E-state index is 12.6. The van der Waals surface area contributed by atoms with Gasteiger partial charge in [-0.15, -0.1) is 0 Å². The van der Waals surface area contributed by atoms with Crippen LogP contribution in [0.15, 0.2) is 35.2 Å². The van der Waals surface area contributed by atoms with E-state index < -0.39 is 0 Å². The zero-order chi connectivity index (χ0) is 20.0. The van der Waals surface area contributed by atoms with Crippen LogP contribution in [0.3, 0.4) is 0 Å². The second-order valence-corrected chi connectivity index (χ2v) is 7.88. The van der Waals surface area contributed by atoms with Crippen molar-refractivity contribution < 1.29 is 14.0 Å². The van der Waals surface area contributed by atoms with Crippen molar-refractivity contribution in [3.05, 3.63) is 48.1 Å². The van der Waals surface area contributed by atoms with Gasteiger partial charge in [0.25, 0.3) is 11.8 Å². The first-order valence-electron chi connectivity index (χ1n) is 9.94. The number of rotatable bonds is 5. The van der Waals surface area contributed by atoms with Crippen LogP contribution in [-0.4, -0.2) is 55.4 Å². The second-order valence-electron chi connectivity index (χ2n) is 7.88. The number of fused-ring (bicyclic) bond motifs is 1. The van der Waals surface area contributed by atoms with Gasteiger partial charge in [0.1, 0.15) is 6.26 Å². The summed E-state index contributed by atoms with van der Waals surface area (Å²) < 4.78 is 7.05. The van der Waals surface area contributed by atoms with Gasteiger partial charge in [0.2, 0.25) is 0 Å². The Morgan fingerprint density at radius 2 is 2.10 bits per heavy atom. The van der Waals surface area contributed by atoms with Crippen LogP contribution in [0, 0.1) is 5.92 Å². The van der Waals surface area contributed by atoms with E-state index in [1.807, 2.05) is 6.92 Å². The van der Waals surface area contributed by atoms with Crippen molar-refractivity contribution in [3.63, 3.8) is 0 Å². The number of amides is 2. The maximum Gasteiger partial charge on any atom is 0.275 e. The highest BCUT2D eigenvalue weighted by molar-refractivity contribution is 5.94. The molecular weight excluding hydrogens is 372 g/mol. The summed E-state index contributed by atoms with van der Waals surface area (Å²) in [5, 5.41) is 7.22. The summed E-state index contributed by atoms with van der Waals surface area (Å²) in [6.45, 7) is 3.11. The van der Waals surface area contributed by atoms with Crippen molar-refractivity contribution in [2.24, 2.45) is 5.92 Å². The first-order valence-corrected chi connectivity index (χ1v) is 9.94. The van der Waals surface area contributed by atoms with E-state index in [2.05, 4.69) is 20.4 Å². The van der Waals surface area contributed by atoms with Gasteiger partial charge in [0.15, 0.2) is 22.9 Å². The summed E-state index contributed by atoms with van der Waals surface area (Å²) in [6, 6.07) is 3.34. The predicted molar refractivity (Wildman–Crippen MR) is 102 cm³/mol. The SMILES string of the molecule is CC(NC(=O)c1cc2ncccn2n1)C1CN(C(=O)c2coc(C3CCC3)n2)C1. The van der Waals surface area contributed by atoms with Crippen molar-refractivity contribution in [2.45, 2.75) is 38.1 Å². The quantitative estimate of drug-likeness (QED) is 0.708. The molecule has 2 amide bonds. The minimum absolute atomic E-state index is 0.0767. The number of nitrogens with zero attached hydrogens (tertiary/aromatic N) is 5. The van der Waals surface area contributed by atoms with Crippen LogP contribution in [0.1, 0.15) is 59.0 Å². The van der Waals surface area contributed by atoms with Gasteiger partial charge in [-0.1, -0.05) is 6.42 Å². The number of hydrogen-bond acceptors (Lipinski definition) is 6. The molecule has 0 radical (unpaired) electrons. The number of hydrogen-bond donors (Lipinski definition) is 1. The molecule has 0 aromatic carbocycles. The van der Waals surface area contributed by atoms with Crippen LogP contribution in [-0.2, 0) is 0 Å². The lowest BCUT2D eigenvalue weighted by Gasteiger charge is -2.42. The Balaban J connectivity index is 1.15. The zero-order valence-electron chi connectivity index (χ0n) is 16.1. The molecule has 1 aliphatic heterocycles. The van der Waals surface area contributed by atoms with Gasteiger partial charge in [0.05, 0.1) is 0 Å². The topological polar surface area (TPSA) is 106 Å². The third-order valence-electron chi connectivity index (χ3n) is 5.93. The van der Waals surface area contributed by atoms with E-state index in [9.17, 15) is 9.59 Å². The van der Waals surface area contributed by atoms with Crippen molar-refractivity contribution in [3.8, 4) is 0 Å². The molecule has 0 spiro atoms. The molecule has 2 fully saturated rings. The molecule has 3 aromatic rings. The van der Waals surface area contributed by atoms with Crippen LogP contribution < -0.4 is 5.32 Å². The van der Waals surface area contributed by atoms with E-state index in [4.69, 9.17) is 4.42 Å². The Bertz CT molecular complexity index is 1030. The lowest BCUT2D eigenvalue weighted by molar-refractivity contribution is 0.0424. The van der Waals surface area contributed by atoms with E-state index in [1.54, 1.807) is 33.9 Å². The molecule has 3 aromatic heterocycles. The highest BCUT2D eigenvalue weighted by atomic mass is 16.3. The van der Waals surface area contributed by atoms with Crippen LogP contribution >= 0.6 is 0 Å². The van der Waals surface area contributed by atoms with Crippen molar-refractivity contribution in [1.82, 2.24) is 29.8 Å². The molecule has 1 aliphatic carbocycles. The lowest BCUT2D eigenvalue weighted by Crippen LogP contribution is -2.57. The van der Waals surface area contributed by atoms with E-state index in [1.165, 1.54) is 12.7 Å². The first-order chi connectivity index (χ1) is 14.1. The van der Waals surface area contributed by atoms with Gasteiger partial charge in [-0.2, -0.15) is 5.10 Å². The largest absolute Gasteiger partial charge is 0.448 e. The number of likely N-dealkylation sites (tertiary alicyclic amines) is 1. The minimum atomic E-state index is -0.241. The van der Waals surface area contributed by atoms with Gasteiger partial charge in [-0.3, -0.25) is 9.59 Å². The van der Waals surface area contributed by atoms with E-state index in [0.29, 0.717) is 41.9 Å². The molecule has 4 heterocycles. The first kappa shape index (κ1) is 17.8. The molecular formula is C20H22N6O3. The van der Waals surface area contributed by atoms with Gasteiger partial charge >= 0.3 is 0 Å². The predicted octanol–water partition coefficient (Wildman–Crippen LogP) is 1.88. The van der Waals surface area contributed by atoms with Gasteiger partial charge in [0, 0.05) is 49.4 Å². The van der Waals surface area contributed by atoms with Gasteiger partial charge < -0.3 is 14.6 Å². The number of aromatic nitrogens is 4. The summed E-state index contributed by atoms with van der Waals surface area (Å²) in [6.07, 6.45) is 8.23. The average Bonchev–Trinajstić information content (AvgIpc) is 3.25. The Hall–Kier alpha value is -3.23. The highest BCUT2D eigenvalue weighted by Crippen LogP contribution is 2.35. The smallest absolute Gasteiger partial charge is 0.275 e.